The first-order chi connectivity index (χ1) is 9.42. The van der Waals surface area contributed by atoms with Crippen molar-refractivity contribution in [1.29, 1.82) is 0 Å². The van der Waals surface area contributed by atoms with Crippen molar-refractivity contribution in [2.75, 3.05) is 0 Å². The van der Waals surface area contributed by atoms with Gasteiger partial charge in [-0.15, -0.1) is 0 Å². The average Bonchev–Trinajstić information content (AvgIpc) is 2.55. The predicted octanol–water partition coefficient (Wildman–Crippen LogP) is 4.31. The first kappa shape index (κ1) is 17.1. The molecule has 1 aliphatic heterocycles. The number of hydrogen-bond donors (Lipinski definition) is 1. The molecule has 2 nitrogen and oxygen atoms in total. The van der Waals surface area contributed by atoms with Gasteiger partial charge in [0.05, 0.1) is 23.2 Å². The lowest BCUT2D eigenvalue weighted by atomic mass is 9.71. The van der Waals surface area contributed by atoms with Crippen LogP contribution in [0.5, 0.6) is 0 Å². The van der Waals surface area contributed by atoms with Crippen molar-refractivity contribution in [1.82, 2.24) is 0 Å². The zero-order chi connectivity index (χ0) is 16.1. The number of halogens is 3. The summed E-state index contributed by atoms with van der Waals surface area (Å²) < 4.78 is 44.7. The SMILES string of the molecule is CC1(C)CC(C(O)C2CCCC(C(F)(F)F)C2)C(C)(C)O1. The molecule has 21 heavy (non-hydrogen) atoms. The van der Waals surface area contributed by atoms with E-state index in [0.717, 1.165) is 0 Å². The molecule has 1 aliphatic carbocycles. The maximum Gasteiger partial charge on any atom is 0.391 e. The fourth-order valence-electron chi connectivity index (χ4n) is 4.30. The largest absolute Gasteiger partial charge is 0.392 e. The second-order valence-electron chi connectivity index (χ2n) is 7.93. The van der Waals surface area contributed by atoms with Gasteiger partial charge in [-0.25, -0.2) is 0 Å². The van der Waals surface area contributed by atoms with E-state index >= 15 is 0 Å². The zero-order valence-electron chi connectivity index (χ0n) is 13.3. The Balaban J connectivity index is 2.08. The van der Waals surface area contributed by atoms with Crippen molar-refractivity contribution in [3.8, 4) is 0 Å². The van der Waals surface area contributed by atoms with Crippen molar-refractivity contribution in [3.05, 3.63) is 0 Å². The number of rotatable bonds is 2. The van der Waals surface area contributed by atoms with Gasteiger partial charge in [-0.1, -0.05) is 6.42 Å². The molecule has 4 atom stereocenters. The molecule has 0 bridgehead atoms. The molecule has 1 heterocycles. The minimum absolute atomic E-state index is 0.0532. The summed E-state index contributed by atoms with van der Waals surface area (Å²) >= 11 is 0. The molecule has 0 aromatic carbocycles. The summed E-state index contributed by atoms with van der Waals surface area (Å²) in [6, 6.07) is 0. The van der Waals surface area contributed by atoms with Gasteiger partial charge in [-0.3, -0.25) is 0 Å². The summed E-state index contributed by atoms with van der Waals surface area (Å²) in [7, 11) is 0. The van der Waals surface area contributed by atoms with Crippen LogP contribution in [0.2, 0.25) is 0 Å². The lowest BCUT2D eigenvalue weighted by Gasteiger charge is -2.38. The van der Waals surface area contributed by atoms with Gasteiger partial charge in [0, 0.05) is 5.92 Å². The van der Waals surface area contributed by atoms with E-state index in [1.54, 1.807) is 0 Å². The monoisotopic (exact) mass is 308 g/mol. The summed E-state index contributed by atoms with van der Waals surface area (Å²) in [5.74, 6) is -1.64. The van der Waals surface area contributed by atoms with Gasteiger partial charge in [0.15, 0.2) is 0 Å². The molecule has 0 aromatic rings. The second kappa shape index (κ2) is 5.41. The maximum absolute atomic E-state index is 12.9. The van der Waals surface area contributed by atoms with E-state index in [2.05, 4.69) is 0 Å². The normalized spacial score (nSPS) is 37.4. The van der Waals surface area contributed by atoms with Crippen LogP contribution in [0, 0.1) is 17.8 Å². The minimum Gasteiger partial charge on any atom is -0.392 e. The molecule has 124 valence electrons. The van der Waals surface area contributed by atoms with Crippen LogP contribution in [0.15, 0.2) is 0 Å². The Labute approximate surface area is 125 Å². The summed E-state index contributed by atoms with van der Waals surface area (Å²) in [5.41, 5.74) is -0.818. The highest BCUT2D eigenvalue weighted by Gasteiger charge is 2.52. The standard InChI is InChI=1S/C16H27F3O2/c1-14(2)9-12(15(3,4)21-14)13(20)10-6-5-7-11(8-10)16(17,18)19/h10-13,20H,5-9H2,1-4H3. The van der Waals surface area contributed by atoms with Crippen LogP contribution in [0.3, 0.4) is 0 Å². The molecular weight excluding hydrogens is 281 g/mol. The van der Waals surface area contributed by atoms with Gasteiger partial charge in [-0.05, 0) is 59.3 Å². The van der Waals surface area contributed by atoms with Gasteiger partial charge in [0.1, 0.15) is 0 Å². The van der Waals surface area contributed by atoms with Crippen LogP contribution < -0.4 is 0 Å². The van der Waals surface area contributed by atoms with Crippen LogP contribution >= 0.6 is 0 Å². The van der Waals surface area contributed by atoms with Crippen LogP contribution in [-0.2, 0) is 4.74 Å². The summed E-state index contributed by atoms with van der Waals surface area (Å²) in [5, 5.41) is 10.7. The first-order valence-corrected chi connectivity index (χ1v) is 7.87. The Morgan fingerprint density at radius 3 is 2.24 bits per heavy atom. The molecule has 2 rings (SSSR count). The van der Waals surface area contributed by atoms with E-state index in [9.17, 15) is 18.3 Å². The van der Waals surface area contributed by atoms with E-state index in [-0.39, 0.29) is 30.3 Å². The van der Waals surface area contributed by atoms with Crippen molar-refractivity contribution in [3.63, 3.8) is 0 Å². The number of alkyl halides is 3. The Bertz CT molecular complexity index is 376. The van der Waals surface area contributed by atoms with Gasteiger partial charge in [0.25, 0.3) is 0 Å². The average molecular weight is 308 g/mol. The lowest BCUT2D eigenvalue weighted by Crippen LogP contribution is -2.42. The van der Waals surface area contributed by atoms with Gasteiger partial charge in [-0.2, -0.15) is 13.2 Å². The summed E-state index contributed by atoms with van der Waals surface area (Å²) in [4.78, 5) is 0. The van der Waals surface area contributed by atoms with Gasteiger partial charge >= 0.3 is 6.18 Å². The third-order valence-electron chi connectivity index (χ3n) is 5.22. The van der Waals surface area contributed by atoms with E-state index in [1.807, 2.05) is 27.7 Å². The smallest absolute Gasteiger partial charge is 0.391 e. The molecule has 1 saturated heterocycles. The molecule has 2 aliphatic rings. The fraction of sp³-hybridized carbons (Fsp3) is 1.00. The van der Waals surface area contributed by atoms with Crippen LogP contribution in [0.1, 0.15) is 59.8 Å². The van der Waals surface area contributed by atoms with Crippen molar-refractivity contribution in [2.45, 2.75) is 83.3 Å². The van der Waals surface area contributed by atoms with E-state index in [1.165, 1.54) is 0 Å². The molecule has 1 saturated carbocycles. The molecule has 5 heteroatoms. The van der Waals surface area contributed by atoms with Crippen LogP contribution in [0.4, 0.5) is 13.2 Å². The highest BCUT2D eigenvalue weighted by Crippen LogP contribution is 2.48. The highest BCUT2D eigenvalue weighted by atomic mass is 19.4. The van der Waals surface area contributed by atoms with Crippen LogP contribution in [0.25, 0.3) is 0 Å². The molecular formula is C16H27F3O2. The lowest BCUT2D eigenvalue weighted by molar-refractivity contribution is -0.191. The van der Waals surface area contributed by atoms with E-state index < -0.39 is 23.8 Å². The molecule has 2 fully saturated rings. The van der Waals surface area contributed by atoms with Crippen molar-refractivity contribution in [2.24, 2.45) is 17.8 Å². The topological polar surface area (TPSA) is 29.5 Å². The summed E-state index contributed by atoms with van der Waals surface area (Å²) in [6.07, 6.45) is -2.69. The summed E-state index contributed by atoms with van der Waals surface area (Å²) in [6.45, 7) is 7.81. The Morgan fingerprint density at radius 1 is 1.14 bits per heavy atom. The maximum atomic E-state index is 12.9. The predicted molar refractivity (Wildman–Crippen MR) is 74.9 cm³/mol. The van der Waals surface area contributed by atoms with Crippen molar-refractivity contribution >= 4 is 0 Å². The molecule has 0 aromatic heterocycles. The third-order valence-corrected chi connectivity index (χ3v) is 5.22. The molecule has 1 N–H and O–H groups in total. The number of hydrogen-bond acceptors (Lipinski definition) is 2. The quantitative estimate of drug-likeness (QED) is 0.823. The van der Waals surface area contributed by atoms with Crippen LogP contribution in [-0.4, -0.2) is 28.6 Å². The van der Waals surface area contributed by atoms with Crippen molar-refractivity contribution < 1.29 is 23.0 Å². The molecule has 4 unspecified atom stereocenters. The Hall–Kier alpha value is -0.290. The number of aliphatic hydroxyl groups excluding tert-OH is 1. The molecule has 0 spiro atoms. The Morgan fingerprint density at radius 2 is 1.76 bits per heavy atom. The van der Waals surface area contributed by atoms with E-state index in [4.69, 9.17) is 4.74 Å². The zero-order valence-corrected chi connectivity index (χ0v) is 13.3. The minimum atomic E-state index is -4.14. The third kappa shape index (κ3) is 3.73. The highest BCUT2D eigenvalue weighted by molar-refractivity contribution is 4.99. The second-order valence-corrected chi connectivity index (χ2v) is 7.93. The van der Waals surface area contributed by atoms with Gasteiger partial charge in [0.2, 0.25) is 0 Å². The van der Waals surface area contributed by atoms with Gasteiger partial charge < -0.3 is 9.84 Å². The molecule has 0 radical (unpaired) electrons. The molecule has 0 amide bonds. The van der Waals surface area contributed by atoms with E-state index in [0.29, 0.717) is 19.3 Å². The number of aliphatic hydroxyl groups is 1. The fourth-order valence-corrected chi connectivity index (χ4v) is 4.30. The number of ether oxygens (including phenoxy) is 1. The Kier molecular flexibility index (Phi) is 4.40. The first-order valence-electron chi connectivity index (χ1n) is 7.87.